The zero-order valence-corrected chi connectivity index (χ0v) is 18.4. The van der Waals surface area contributed by atoms with Crippen LogP contribution in [0, 0.1) is 0 Å². The Morgan fingerprint density at radius 3 is 2.86 bits per heavy atom. The average molecular weight is 487 g/mol. The van der Waals surface area contributed by atoms with Crippen LogP contribution in [0.2, 0.25) is 10.0 Å². The van der Waals surface area contributed by atoms with Gasteiger partial charge in [0, 0.05) is 19.8 Å². The molecule has 0 unspecified atom stereocenters. The van der Waals surface area contributed by atoms with Crippen molar-refractivity contribution in [1.29, 1.82) is 0 Å². The third-order valence-electron chi connectivity index (χ3n) is 4.06. The van der Waals surface area contributed by atoms with Crippen molar-refractivity contribution < 1.29 is 9.53 Å². The van der Waals surface area contributed by atoms with Crippen LogP contribution in [0.25, 0.3) is 0 Å². The molecule has 28 heavy (non-hydrogen) atoms. The lowest BCUT2D eigenvalue weighted by Crippen LogP contribution is -2.28. The maximum absolute atomic E-state index is 12.7. The second-order valence-electron chi connectivity index (χ2n) is 5.98. The minimum atomic E-state index is -0.199. The Morgan fingerprint density at radius 1 is 1.32 bits per heavy atom. The summed E-state index contributed by atoms with van der Waals surface area (Å²) in [6.07, 6.45) is 3.40. The van der Waals surface area contributed by atoms with Gasteiger partial charge >= 0.3 is 0 Å². The second-order valence-corrected chi connectivity index (χ2v) is 7.62. The molecular formula is C18H18BrCl2N5O2. The van der Waals surface area contributed by atoms with Gasteiger partial charge in [0.15, 0.2) is 12.4 Å². The molecule has 0 saturated carbocycles. The number of hydrogen-bond donors (Lipinski definition) is 0. The first-order valence-corrected chi connectivity index (χ1v) is 10.0. The highest BCUT2D eigenvalue weighted by atomic mass is 79.9. The molecule has 2 heterocycles. The van der Waals surface area contributed by atoms with Gasteiger partial charge in [-0.05, 0) is 41.1 Å². The number of nitrogens with zero attached hydrogens (tertiary/aromatic N) is 5. The van der Waals surface area contributed by atoms with Crippen LogP contribution in [-0.4, -0.2) is 37.4 Å². The molecule has 0 radical (unpaired) electrons. The molecule has 0 spiro atoms. The number of benzene rings is 1. The van der Waals surface area contributed by atoms with Crippen molar-refractivity contribution >= 4 is 45.0 Å². The van der Waals surface area contributed by atoms with Gasteiger partial charge in [0.2, 0.25) is 0 Å². The highest BCUT2D eigenvalue weighted by Crippen LogP contribution is 2.31. The van der Waals surface area contributed by atoms with E-state index in [2.05, 4.69) is 26.1 Å². The molecule has 0 fully saturated rings. The smallest absolute Gasteiger partial charge is 0.274 e. The molecule has 0 aliphatic carbocycles. The molecule has 7 nitrogen and oxygen atoms in total. The first kappa shape index (κ1) is 20.7. The number of halogens is 3. The topological polar surface area (TPSA) is 65.2 Å². The number of hydrogen-bond acceptors (Lipinski definition) is 4. The standard InChI is InChI=1S/C18H18BrCl2N5O2/c1-3-26-15(12(19)9-22-26)10-24(2)18(27)14-7-8-25(23-14)11-28-16-6-4-5-13(20)17(16)21/h4-9H,3,10-11H2,1-2H3. The highest BCUT2D eigenvalue weighted by molar-refractivity contribution is 9.10. The van der Waals surface area contributed by atoms with Gasteiger partial charge in [-0.1, -0.05) is 29.3 Å². The van der Waals surface area contributed by atoms with Gasteiger partial charge in [-0.2, -0.15) is 10.2 Å². The van der Waals surface area contributed by atoms with E-state index in [9.17, 15) is 4.79 Å². The van der Waals surface area contributed by atoms with Gasteiger partial charge in [-0.25, -0.2) is 4.68 Å². The first-order valence-electron chi connectivity index (χ1n) is 8.46. The minimum Gasteiger partial charge on any atom is -0.470 e. The maximum Gasteiger partial charge on any atom is 0.274 e. The largest absolute Gasteiger partial charge is 0.470 e. The summed E-state index contributed by atoms with van der Waals surface area (Å²) in [7, 11) is 1.73. The fourth-order valence-corrected chi connectivity index (χ4v) is 3.36. The zero-order chi connectivity index (χ0) is 20.3. The van der Waals surface area contributed by atoms with E-state index in [0.717, 1.165) is 16.7 Å². The fraction of sp³-hybridized carbons (Fsp3) is 0.278. The molecule has 0 saturated heterocycles. The molecule has 3 aromatic rings. The monoisotopic (exact) mass is 485 g/mol. The molecule has 1 aromatic carbocycles. The van der Waals surface area contributed by atoms with Gasteiger partial charge in [0.25, 0.3) is 5.91 Å². The first-order chi connectivity index (χ1) is 13.4. The average Bonchev–Trinajstić information content (AvgIpc) is 3.29. The van der Waals surface area contributed by atoms with Crippen LogP contribution in [0.4, 0.5) is 0 Å². The van der Waals surface area contributed by atoms with E-state index in [0.29, 0.717) is 28.0 Å². The molecule has 0 aliphatic rings. The molecule has 148 valence electrons. The summed E-state index contributed by atoms with van der Waals surface area (Å²) < 4.78 is 9.86. The van der Waals surface area contributed by atoms with Gasteiger partial charge in [-0.15, -0.1) is 0 Å². The predicted molar refractivity (Wildman–Crippen MR) is 111 cm³/mol. The van der Waals surface area contributed by atoms with Gasteiger partial charge in [0.1, 0.15) is 10.8 Å². The van der Waals surface area contributed by atoms with E-state index < -0.39 is 0 Å². The molecule has 2 aromatic heterocycles. The number of aromatic nitrogens is 4. The Morgan fingerprint density at radius 2 is 2.11 bits per heavy atom. The van der Waals surface area contributed by atoms with Gasteiger partial charge < -0.3 is 9.64 Å². The predicted octanol–water partition coefficient (Wildman–Crippen LogP) is 4.48. The Labute approximate surface area is 180 Å². The molecule has 3 rings (SSSR count). The number of carbonyl (C=O) groups is 1. The molecular weight excluding hydrogens is 469 g/mol. The fourth-order valence-electron chi connectivity index (χ4n) is 2.59. The maximum atomic E-state index is 12.7. The van der Waals surface area contributed by atoms with Crippen LogP contribution < -0.4 is 4.74 Å². The van der Waals surface area contributed by atoms with Crippen molar-refractivity contribution in [2.75, 3.05) is 7.05 Å². The number of carbonyl (C=O) groups excluding carboxylic acids is 1. The Balaban J connectivity index is 1.65. The summed E-state index contributed by atoms with van der Waals surface area (Å²) in [5, 5.41) is 9.30. The summed E-state index contributed by atoms with van der Waals surface area (Å²) in [5.41, 5.74) is 1.25. The van der Waals surface area contributed by atoms with E-state index in [4.69, 9.17) is 27.9 Å². The minimum absolute atomic E-state index is 0.102. The van der Waals surface area contributed by atoms with Crippen LogP contribution in [0.1, 0.15) is 23.1 Å². The number of amides is 1. The van der Waals surface area contributed by atoms with Crippen molar-refractivity contribution in [3.05, 3.63) is 62.6 Å². The molecule has 1 amide bonds. The van der Waals surface area contributed by atoms with Crippen LogP contribution >= 0.6 is 39.1 Å². The number of rotatable bonds is 7. The van der Waals surface area contributed by atoms with Crippen molar-refractivity contribution in [2.24, 2.45) is 0 Å². The van der Waals surface area contributed by atoms with Crippen LogP contribution in [0.5, 0.6) is 5.75 Å². The Hall–Kier alpha value is -2.03. The number of aryl methyl sites for hydroxylation is 1. The third-order valence-corrected chi connectivity index (χ3v) is 5.52. The second kappa shape index (κ2) is 8.98. The zero-order valence-electron chi connectivity index (χ0n) is 15.3. The van der Waals surface area contributed by atoms with Gasteiger partial charge in [-0.3, -0.25) is 9.48 Å². The molecule has 0 bridgehead atoms. The Kier molecular flexibility index (Phi) is 6.64. The summed E-state index contributed by atoms with van der Waals surface area (Å²) in [6.45, 7) is 3.24. The van der Waals surface area contributed by atoms with E-state index in [1.165, 1.54) is 4.68 Å². The lowest BCUT2D eigenvalue weighted by Gasteiger charge is -2.17. The Bertz CT molecular complexity index is 988. The normalized spacial score (nSPS) is 10.9. The van der Waals surface area contributed by atoms with Crippen molar-refractivity contribution in [3.8, 4) is 5.75 Å². The quantitative estimate of drug-likeness (QED) is 0.494. The number of ether oxygens (including phenoxy) is 1. The summed E-state index contributed by atoms with van der Waals surface area (Å²) in [4.78, 5) is 14.3. The van der Waals surface area contributed by atoms with E-state index in [1.807, 2.05) is 11.6 Å². The lowest BCUT2D eigenvalue weighted by molar-refractivity contribution is 0.0773. The van der Waals surface area contributed by atoms with Crippen molar-refractivity contribution in [1.82, 2.24) is 24.5 Å². The third kappa shape index (κ3) is 4.51. The summed E-state index contributed by atoms with van der Waals surface area (Å²) >= 11 is 15.5. The molecule has 0 aliphatic heterocycles. The van der Waals surface area contributed by atoms with E-state index in [1.54, 1.807) is 48.6 Å². The summed E-state index contributed by atoms with van der Waals surface area (Å²) in [6, 6.07) is 6.79. The van der Waals surface area contributed by atoms with Crippen molar-refractivity contribution in [3.63, 3.8) is 0 Å². The lowest BCUT2D eigenvalue weighted by atomic mass is 10.3. The van der Waals surface area contributed by atoms with E-state index in [-0.39, 0.29) is 12.6 Å². The van der Waals surface area contributed by atoms with Crippen molar-refractivity contribution in [2.45, 2.75) is 26.7 Å². The van der Waals surface area contributed by atoms with Crippen LogP contribution in [-0.2, 0) is 19.8 Å². The van der Waals surface area contributed by atoms with Crippen LogP contribution in [0.3, 0.4) is 0 Å². The van der Waals surface area contributed by atoms with Gasteiger partial charge in [0.05, 0.1) is 27.9 Å². The SMILES string of the molecule is CCn1ncc(Br)c1CN(C)C(=O)c1ccn(COc2cccc(Cl)c2Cl)n1. The van der Waals surface area contributed by atoms with Crippen LogP contribution in [0.15, 0.2) is 41.1 Å². The van der Waals surface area contributed by atoms with E-state index >= 15 is 0 Å². The molecule has 0 atom stereocenters. The summed E-state index contributed by atoms with van der Waals surface area (Å²) in [5.74, 6) is 0.252. The molecule has 0 N–H and O–H groups in total. The molecule has 10 heteroatoms. The highest BCUT2D eigenvalue weighted by Gasteiger charge is 2.18.